The molecule has 4 rings (SSSR count). The van der Waals surface area contributed by atoms with Crippen molar-refractivity contribution in [2.24, 2.45) is 11.7 Å². The summed E-state index contributed by atoms with van der Waals surface area (Å²) in [4.78, 5) is 39.5. The van der Waals surface area contributed by atoms with Gasteiger partial charge < -0.3 is 16.4 Å². The van der Waals surface area contributed by atoms with Gasteiger partial charge in [0.25, 0.3) is 0 Å². The molecular weight excluding hydrogens is 448 g/mol. The van der Waals surface area contributed by atoms with Crippen molar-refractivity contribution in [3.05, 3.63) is 53.1 Å². The number of rotatable bonds is 6. The lowest BCUT2D eigenvalue weighted by atomic mass is 9.96. The number of carbonyl (C=O) groups is 3. The van der Waals surface area contributed by atoms with Gasteiger partial charge in [-0.3, -0.25) is 19.3 Å². The summed E-state index contributed by atoms with van der Waals surface area (Å²) in [5.74, 6) is -0.662. The molecule has 0 aromatic heterocycles. The molecule has 1 saturated heterocycles. The molecule has 9 heteroatoms. The van der Waals surface area contributed by atoms with E-state index in [1.807, 2.05) is 30.3 Å². The second kappa shape index (κ2) is 9.94. The maximum atomic E-state index is 12.6. The van der Waals surface area contributed by atoms with Crippen LogP contribution in [0.2, 0.25) is 5.02 Å². The van der Waals surface area contributed by atoms with Crippen LogP contribution in [0.5, 0.6) is 0 Å². The number of primary amides is 1. The minimum atomic E-state index is -0.501. The molecule has 2 aromatic rings. The van der Waals surface area contributed by atoms with Gasteiger partial charge >= 0.3 is 0 Å². The molecule has 4 N–H and O–H groups in total. The Hall–Kier alpha value is -2.55. The van der Waals surface area contributed by atoms with E-state index in [0.29, 0.717) is 16.4 Å². The average Bonchev–Trinajstić information content (AvgIpc) is 2.75. The monoisotopic (exact) mass is 472 g/mol. The molecule has 0 aliphatic carbocycles. The molecule has 1 atom stereocenters. The summed E-state index contributed by atoms with van der Waals surface area (Å²) in [6.07, 6.45) is 1.63. The number of thioether (sulfide) groups is 1. The first-order valence-corrected chi connectivity index (χ1v) is 11.8. The first-order valence-electron chi connectivity index (χ1n) is 10.5. The zero-order chi connectivity index (χ0) is 22.7. The van der Waals surface area contributed by atoms with Gasteiger partial charge in [-0.2, -0.15) is 0 Å². The number of fused-ring (bicyclic) bond motifs is 1. The third-order valence-corrected chi connectivity index (χ3v) is 7.25. The Labute approximate surface area is 196 Å². The number of nitrogens with one attached hydrogen (secondary N) is 2. The highest BCUT2D eigenvalue weighted by Gasteiger charge is 2.29. The fourth-order valence-electron chi connectivity index (χ4n) is 4.02. The van der Waals surface area contributed by atoms with Crippen LogP contribution in [-0.4, -0.2) is 41.0 Å². The maximum Gasteiger partial charge on any atom is 0.238 e. The zero-order valence-electron chi connectivity index (χ0n) is 17.5. The van der Waals surface area contributed by atoms with Gasteiger partial charge in [0.2, 0.25) is 17.7 Å². The van der Waals surface area contributed by atoms with E-state index < -0.39 is 5.25 Å². The smallest absolute Gasteiger partial charge is 0.238 e. The van der Waals surface area contributed by atoms with E-state index in [1.54, 1.807) is 12.1 Å². The molecule has 1 unspecified atom stereocenters. The molecule has 0 spiro atoms. The summed E-state index contributed by atoms with van der Waals surface area (Å²) in [5.41, 5.74) is 7.87. The number of hydrogen-bond acceptors (Lipinski definition) is 5. The van der Waals surface area contributed by atoms with Crippen molar-refractivity contribution < 1.29 is 14.4 Å². The van der Waals surface area contributed by atoms with Crippen LogP contribution in [0.3, 0.4) is 0 Å². The van der Waals surface area contributed by atoms with Crippen LogP contribution < -0.4 is 16.4 Å². The van der Waals surface area contributed by atoms with Crippen LogP contribution in [0.25, 0.3) is 0 Å². The van der Waals surface area contributed by atoms with Crippen LogP contribution in [-0.2, 0) is 20.9 Å². The number of hydrogen-bond donors (Lipinski definition) is 3. The van der Waals surface area contributed by atoms with E-state index in [2.05, 4.69) is 15.5 Å². The Morgan fingerprint density at radius 2 is 1.97 bits per heavy atom. The number of halogens is 1. The zero-order valence-corrected chi connectivity index (χ0v) is 19.0. The van der Waals surface area contributed by atoms with Gasteiger partial charge in [-0.05, 0) is 61.8 Å². The topological polar surface area (TPSA) is 105 Å². The molecular formula is C23H25ClN4O3S. The van der Waals surface area contributed by atoms with E-state index in [9.17, 15) is 14.4 Å². The summed E-state index contributed by atoms with van der Waals surface area (Å²) in [5, 5.41) is 5.79. The van der Waals surface area contributed by atoms with E-state index in [1.165, 1.54) is 11.8 Å². The number of likely N-dealkylation sites (tertiary alicyclic amines) is 1. The lowest BCUT2D eigenvalue weighted by Gasteiger charge is -2.30. The van der Waals surface area contributed by atoms with Crippen molar-refractivity contribution in [3.8, 4) is 0 Å². The molecule has 2 aromatic carbocycles. The summed E-state index contributed by atoms with van der Waals surface area (Å²) in [6.45, 7) is 2.39. The van der Waals surface area contributed by atoms with Crippen LogP contribution in [0.4, 0.5) is 11.4 Å². The molecule has 2 heterocycles. The number of piperidine rings is 1. The van der Waals surface area contributed by atoms with Crippen molar-refractivity contribution in [1.29, 1.82) is 0 Å². The predicted molar refractivity (Wildman–Crippen MR) is 127 cm³/mol. The van der Waals surface area contributed by atoms with Gasteiger partial charge in [-0.25, -0.2) is 0 Å². The molecule has 7 nitrogen and oxygen atoms in total. The van der Waals surface area contributed by atoms with E-state index in [0.717, 1.165) is 42.9 Å². The van der Waals surface area contributed by atoms with Crippen LogP contribution in [0.1, 0.15) is 24.8 Å². The summed E-state index contributed by atoms with van der Waals surface area (Å²) in [6, 6.07) is 13.0. The van der Waals surface area contributed by atoms with Gasteiger partial charge in [0.05, 0.1) is 10.9 Å². The molecule has 0 saturated carbocycles. The highest BCUT2D eigenvalue weighted by Crippen LogP contribution is 2.38. The lowest BCUT2D eigenvalue weighted by Crippen LogP contribution is -2.38. The first kappa shape index (κ1) is 22.6. The van der Waals surface area contributed by atoms with Crippen LogP contribution >= 0.6 is 23.4 Å². The number of benzene rings is 2. The highest BCUT2D eigenvalue weighted by molar-refractivity contribution is 8.01. The minimum absolute atomic E-state index is 0.0318. The second-order valence-corrected chi connectivity index (χ2v) is 9.82. The highest BCUT2D eigenvalue weighted by atomic mass is 35.5. The molecule has 2 aliphatic heterocycles. The van der Waals surface area contributed by atoms with Crippen LogP contribution in [0.15, 0.2) is 47.4 Å². The van der Waals surface area contributed by atoms with Crippen molar-refractivity contribution in [3.63, 3.8) is 0 Å². The molecule has 3 amide bonds. The third kappa shape index (κ3) is 5.62. The Bertz CT molecular complexity index is 1040. The normalized spacial score (nSPS) is 19.2. The summed E-state index contributed by atoms with van der Waals surface area (Å²) in [7, 11) is 0. The van der Waals surface area contributed by atoms with Crippen molar-refractivity contribution in [2.75, 3.05) is 23.7 Å². The predicted octanol–water partition coefficient (Wildman–Crippen LogP) is 3.48. The van der Waals surface area contributed by atoms with Crippen molar-refractivity contribution in [1.82, 2.24) is 4.90 Å². The van der Waals surface area contributed by atoms with Gasteiger partial charge in [-0.1, -0.05) is 23.7 Å². The fraction of sp³-hybridized carbons (Fsp3) is 0.348. The van der Waals surface area contributed by atoms with E-state index >= 15 is 0 Å². The van der Waals surface area contributed by atoms with Gasteiger partial charge in [0.1, 0.15) is 0 Å². The number of amides is 3. The van der Waals surface area contributed by atoms with Gasteiger partial charge in [0, 0.05) is 34.5 Å². The SMILES string of the molecule is NC(=O)C1CCN(Cc2cccc(NC(=O)CC3Sc4ccc(Cl)cc4NC3=O)c2)CC1. The van der Waals surface area contributed by atoms with Gasteiger partial charge in [0.15, 0.2) is 0 Å². The standard InChI is InChI=1S/C23H25ClN4O3S/c24-16-4-5-19-18(11-16)27-23(31)20(32-19)12-21(29)26-17-3-1-2-14(10-17)13-28-8-6-15(7-9-28)22(25)30/h1-5,10-11,15,20H,6-9,12-13H2,(H2,25,30)(H,26,29)(H,27,31). The molecule has 32 heavy (non-hydrogen) atoms. The number of carbonyl (C=O) groups excluding carboxylic acids is 3. The maximum absolute atomic E-state index is 12.6. The van der Waals surface area contributed by atoms with Crippen molar-refractivity contribution >= 4 is 52.5 Å². The molecule has 0 radical (unpaired) electrons. The molecule has 168 valence electrons. The molecule has 1 fully saturated rings. The van der Waals surface area contributed by atoms with E-state index in [4.69, 9.17) is 17.3 Å². The quantitative estimate of drug-likeness (QED) is 0.597. The van der Waals surface area contributed by atoms with Gasteiger partial charge in [-0.15, -0.1) is 11.8 Å². The average molecular weight is 473 g/mol. The number of anilines is 2. The fourth-order valence-corrected chi connectivity index (χ4v) is 5.28. The number of nitrogens with zero attached hydrogens (tertiary/aromatic N) is 1. The molecule has 2 aliphatic rings. The Morgan fingerprint density at radius 1 is 1.19 bits per heavy atom. The lowest BCUT2D eigenvalue weighted by molar-refractivity contribution is -0.123. The van der Waals surface area contributed by atoms with Crippen molar-refractivity contribution in [2.45, 2.75) is 36.0 Å². The second-order valence-electron chi connectivity index (χ2n) is 8.14. The Morgan fingerprint density at radius 3 is 2.72 bits per heavy atom. The number of nitrogens with two attached hydrogens (primary N) is 1. The largest absolute Gasteiger partial charge is 0.369 e. The Balaban J connectivity index is 1.32. The van der Waals surface area contributed by atoms with Crippen LogP contribution in [0, 0.1) is 5.92 Å². The summed E-state index contributed by atoms with van der Waals surface area (Å²) >= 11 is 7.35. The van der Waals surface area contributed by atoms with E-state index in [-0.39, 0.29) is 30.1 Å². The Kier molecular flexibility index (Phi) is 7.03. The third-order valence-electron chi connectivity index (χ3n) is 5.74. The summed E-state index contributed by atoms with van der Waals surface area (Å²) < 4.78 is 0. The molecule has 0 bridgehead atoms. The minimum Gasteiger partial charge on any atom is -0.369 e. The first-order chi connectivity index (χ1) is 15.4.